The second-order valence-electron chi connectivity index (χ2n) is 23.0. The summed E-state index contributed by atoms with van der Waals surface area (Å²) in [6, 6.07) is -1.70. The standard InChI is InChI=1S/C50H87NO41/c1-11(59)51-12(2-52)21(61)39(13(60)3-53)88-48-38(78)41(90-50-43(33(73)26(66)18(8-58)85-50)92-47-36(76)31(71)24(64)16(6-56)83-47)28(68)20(87-48)9-79-44-37(77)40(89-45-34(74)29(69)22(62)14(4-54)81-45)27(67)19(86-44)10-80-49-42(32(72)25(65)17(7-57)84-49)91-46-35(75)30(70)23(63)15(5-55)82-46/h12-50,52-58,60-78H,2-10H2,1H3,(H,51,59)/t12-,13+,14+,15+,16+,17+,18+,19+,20+,21+,22+,23+,24+,25+,26+,27+,28+,29-,30-,31-,32-,33-,34-,35-,36-,37-,38-,39+,40-,41-,42-,43-,44-,45+,46+,47+,48-,49-,50+/m0/s1. The predicted molar refractivity (Wildman–Crippen MR) is 278 cm³/mol. The maximum atomic E-state index is 12.2. The van der Waals surface area contributed by atoms with Gasteiger partial charge in [-0.3, -0.25) is 4.79 Å². The average molecular weight is 1360 g/mol. The number of carbonyl (C=O) groups is 1. The van der Waals surface area contributed by atoms with Gasteiger partial charge in [-0.25, -0.2) is 0 Å². The Balaban J connectivity index is 1.22. The molecule has 7 aliphatic rings. The molecule has 0 saturated carbocycles. The molecule has 27 N–H and O–H groups in total. The maximum Gasteiger partial charge on any atom is 0.217 e. The molecule has 538 valence electrons. The molecule has 0 radical (unpaired) electrons. The molecule has 0 spiro atoms. The molecule has 39 atom stereocenters. The minimum atomic E-state index is -2.49. The second-order valence-corrected chi connectivity index (χ2v) is 23.0. The lowest BCUT2D eigenvalue weighted by molar-refractivity contribution is -0.396. The summed E-state index contributed by atoms with van der Waals surface area (Å²) in [5, 5.41) is 283. The number of hydrogen-bond donors (Lipinski definition) is 27. The smallest absolute Gasteiger partial charge is 0.217 e. The number of aliphatic hydroxyl groups excluding tert-OH is 26. The van der Waals surface area contributed by atoms with Crippen LogP contribution in [0.5, 0.6) is 0 Å². The van der Waals surface area contributed by atoms with E-state index in [9.17, 15) is 138 Å². The number of ether oxygens (including phenoxy) is 14. The first-order valence-electron chi connectivity index (χ1n) is 29.1. The Morgan fingerprint density at radius 3 is 1.04 bits per heavy atom. The van der Waals surface area contributed by atoms with Gasteiger partial charge in [0.1, 0.15) is 189 Å². The topological polar surface area (TPSA) is 684 Å². The second kappa shape index (κ2) is 34.1. The molecule has 0 unspecified atom stereocenters. The SMILES string of the molecule is CC(=O)N[C@@H](CO)[C@@H](O)[C@H](O[C@@H]1O[C@H](CO[C@H]2O[C@H](CO[C@H]3O[C@H](CO)[C@@H](O)[C@H](O)[C@@H]3O[C@H]3O[C@H](CO)[C@@H](O)[C@H](O)[C@@H]3O)[C@@H](O)[C@H](O[C@H]3O[C@H](CO)[C@@H](O)[C@H](O)[C@@H]3O)[C@@H]2O)[C@@H](O)[C@H](O[C@H]2O[C@H](CO)[C@@H](O)[C@H](O)[C@@H]2O[C@H]2O[C@H](CO)[C@@H](O)[C@H](O)[C@@H]2O)[C@@H]1O)[C@H](O)CO. The quantitative estimate of drug-likeness (QED) is 0.0363. The Bertz CT molecular complexity index is 2210. The summed E-state index contributed by atoms with van der Waals surface area (Å²) in [4.78, 5) is 12.1. The van der Waals surface area contributed by atoms with Gasteiger partial charge in [-0.15, -0.1) is 0 Å². The van der Waals surface area contributed by atoms with Crippen molar-refractivity contribution >= 4 is 5.91 Å². The molecule has 7 heterocycles. The zero-order chi connectivity index (χ0) is 68.1. The zero-order valence-corrected chi connectivity index (χ0v) is 48.6. The lowest BCUT2D eigenvalue weighted by Gasteiger charge is -2.49. The lowest BCUT2D eigenvalue weighted by atomic mass is 9.95. The van der Waals surface area contributed by atoms with Crippen molar-refractivity contribution in [3.63, 3.8) is 0 Å². The molecule has 7 rings (SSSR count). The van der Waals surface area contributed by atoms with E-state index in [1.165, 1.54) is 0 Å². The third kappa shape index (κ3) is 16.9. The minimum Gasteiger partial charge on any atom is -0.394 e. The van der Waals surface area contributed by atoms with Crippen molar-refractivity contribution in [2.45, 2.75) is 246 Å². The summed E-state index contributed by atoms with van der Waals surface area (Å²) in [5.74, 6) is -0.847. The normalized spacial score (nSPS) is 48.5. The van der Waals surface area contributed by atoms with Gasteiger partial charge in [-0.2, -0.15) is 0 Å². The van der Waals surface area contributed by atoms with Crippen LogP contribution in [0.4, 0.5) is 0 Å². The van der Waals surface area contributed by atoms with Crippen LogP contribution in [-0.4, -0.2) is 437 Å². The minimum absolute atomic E-state index is 0.847. The van der Waals surface area contributed by atoms with Crippen LogP contribution in [0.2, 0.25) is 0 Å². The number of nitrogens with one attached hydrogen (secondary N) is 1. The molecule has 0 bridgehead atoms. The van der Waals surface area contributed by atoms with E-state index in [1.807, 2.05) is 0 Å². The van der Waals surface area contributed by atoms with Crippen LogP contribution >= 0.6 is 0 Å². The highest BCUT2D eigenvalue weighted by Gasteiger charge is 2.58. The molecular weight excluding hydrogens is 1270 g/mol. The van der Waals surface area contributed by atoms with Gasteiger partial charge >= 0.3 is 0 Å². The highest BCUT2D eigenvalue weighted by atomic mass is 16.8. The number of rotatable bonds is 27. The van der Waals surface area contributed by atoms with Crippen molar-refractivity contribution in [1.82, 2.24) is 5.32 Å². The molecule has 0 aromatic carbocycles. The van der Waals surface area contributed by atoms with Crippen LogP contribution in [0.15, 0.2) is 0 Å². The van der Waals surface area contributed by atoms with Gasteiger partial charge in [0, 0.05) is 6.92 Å². The third-order valence-electron chi connectivity index (χ3n) is 16.7. The molecule has 1 amide bonds. The van der Waals surface area contributed by atoms with E-state index in [0.29, 0.717) is 0 Å². The summed E-state index contributed by atoms with van der Waals surface area (Å²) in [6.45, 7) is -8.69. The molecule has 7 fully saturated rings. The van der Waals surface area contributed by atoms with Crippen molar-refractivity contribution in [2.24, 2.45) is 0 Å². The molecule has 0 aromatic heterocycles. The maximum absolute atomic E-state index is 12.2. The van der Waals surface area contributed by atoms with Crippen LogP contribution in [0, 0.1) is 0 Å². The van der Waals surface area contributed by atoms with Crippen molar-refractivity contribution in [3.05, 3.63) is 0 Å². The summed E-state index contributed by atoms with van der Waals surface area (Å²) in [6.07, 6.45) is -80.0. The Morgan fingerprint density at radius 2 is 0.663 bits per heavy atom. The number of amides is 1. The van der Waals surface area contributed by atoms with Gasteiger partial charge in [0.25, 0.3) is 0 Å². The summed E-state index contributed by atoms with van der Waals surface area (Å²) < 4.78 is 80.2. The lowest BCUT2D eigenvalue weighted by Crippen LogP contribution is -2.68. The summed E-state index contributed by atoms with van der Waals surface area (Å²) >= 11 is 0. The highest BCUT2D eigenvalue weighted by Crippen LogP contribution is 2.37. The fraction of sp³-hybridized carbons (Fsp3) is 0.980. The van der Waals surface area contributed by atoms with Gasteiger partial charge in [0.2, 0.25) is 5.91 Å². The number of hydrogen-bond acceptors (Lipinski definition) is 41. The van der Waals surface area contributed by atoms with E-state index >= 15 is 0 Å². The molecule has 42 nitrogen and oxygen atoms in total. The molecule has 7 aliphatic heterocycles. The van der Waals surface area contributed by atoms with E-state index in [4.69, 9.17) is 66.3 Å². The van der Waals surface area contributed by atoms with Gasteiger partial charge in [-0.1, -0.05) is 0 Å². The Hall–Kier alpha value is -2.13. The van der Waals surface area contributed by atoms with Crippen LogP contribution in [0.25, 0.3) is 0 Å². The highest BCUT2D eigenvalue weighted by molar-refractivity contribution is 5.73. The molecular formula is C50H87NO41. The van der Waals surface area contributed by atoms with Crippen molar-refractivity contribution < 1.29 is 204 Å². The monoisotopic (exact) mass is 1360 g/mol. The molecule has 42 heteroatoms. The van der Waals surface area contributed by atoms with E-state index in [2.05, 4.69) is 5.32 Å². The van der Waals surface area contributed by atoms with E-state index < -0.39 is 305 Å². The predicted octanol–water partition coefficient (Wildman–Crippen LogP) is -18.7. The Morgan fingerprint density at radius 1 is 0.348 bits per heavy atom. The van der Waals surface area contributed by atoms with E-state index in [1.54, 1.807) is 0 Å². The van der Waals surface area contributed by atoms with Gasteiger partial charge < -0.3 is 204 Å². The fourth-order valence-electron chi connectivity index (χ4n) is 11.2. The first kappa shape index (κ1) is 77.2. The first-order valence-corrected chi connectivity index (χ1v) is 29.1. The van der Waals surface area contributed by atoms with Gasteiger partial charge in [-0.05, 0) is 0 Å². The number of carbonyl (C=O) groups excluding carboxylic acids is 1. The van der Waals surface area contributed by atoms with Gasteiger partial charge in [0.05, 0.1) is 65.5 Å². The summed E-state index contributed by atoms with van der Waals surface area (Å²) in [7, 11) is 0. The summed E-state index contributed by atoms with van der Waals surface area (Å²) in [5.41, 5.74) is 0. The Kier molecular flexibility index (Phi) is 28.6. The number of aliphatic hydroxyl groups is 26. The van der Waals surface area contributed by atoms with Crippen molar-refractivity contribution in [3.8, 4) is 0 Å². The van der Waals surface area contributed by atoms with Crippen molar-refractivity contribution in [2.75, 3.05) is 59.5 Å². The van der Waals surface area contributed by atoms with E-state index in [0.717, 1.165) is 6.92 Å². The Labute approximate surface area is 520 Å². The molecule has 0 aromatic rings. The zero-order valence-electron chi connectivity index (χ0n) is 48.6. The van der Waals surface area contributed by atoms with Crippen molar-refractivity contribution in [1.29, 1.82) is 0 Å². The van der Waals surface area contributed by atoms with Crippen LogP contribution in [-0.2, 0) is 71.1 Å². The third-order valence-corrected chi connectivity index (χ3v) is 16.7. The van der Waals surface area contributed by atoms with Crippen LogP contribution in [0.1, 0.15) is 6.92 Å². The van der Waals surface area contributed by atoms with Crippen LogP contribution in [0.3, 0.4) is 0 Å². The molecule has 0 aliphatic carbocycles. The largest absolute Gasteiger partial charge is 0.394 e. The fourth-order valence-corrected chi connectivity index (χ4v) is 11.2. The van der Waals surface area contributed by atoms with Gasteiger partial charge in [0.15, 0.2) is 44.0 Å². The van der Waals surface area contributed by atoms with Crippen LogP contribution < -0.4 is 5.32 Å². The molecule has 7 saturated heterocycles. The average Bonchev–Trinajstić information content (AvgIpc) is 0.930. The van der Waals surface area contributed by atoms with E-state index in [-0.39, 0.29) is 0 Å². The molecule has 92 heavy (non-hydrogen) atoms. The first-order chi connectivity index (χ1) is 43.5.